The van der Waals surface area contributed by atoms with E-state index < -0.39 is 10.3 Å². The molecule has 0 heterocycles. The zero-order valence-electron chi connectivity index (χ0n) is 15.3. The number of nitro benzene ring substituents is 1. The van der Waals surface area contributed by atoms with Gasteiger partial charge in [0.25, 0.3) is 5.69 Å². The van der Waals surface area contributed by atoms with Crippen LogP contribution < -0.4 is 10.9 Å². The van der Waals surface area contributed by atoms with E-state index in [0.29, 0.717) is 5.56 Å². The van der Waals surface area contributed by atoms with Gasteiger partial charge in [-0.3, -0.25) is 30.6 Å². The van der Waals surface area contributed by atoms with E-state index in [1.807, 2.05) is 0 Å². The third-order valence-electron chi connectivity index (χ3n) is 6.72. The van der Waals surface area contributed by atoms with Gasteiger partial charge in [-0.05, 0) is 23.8 Å². The summed E-state index contributed by atoms with van der Waals surface area (Å²) in [6.07, 6.45) is 1.64. The van der Waals surface area contributed by atoms with Crippen LogP contribution in [0.15, 0.2) is 24.3 Å². The summed E-state index contributed by atoms with van der Waals surface area (Å²) < 4.78 is 0.0760. The van der Waals surface area contributed by atoms with Crippen LogP contribution in [0.25, 0.3) is 0 Å². The topological polar surface area (TPSA) is 101 Å². The zero-order valence-corrected chi connectivity index (χ0v) is 20.1. The van der Waals surface area contributed by atoms with Crippen molar-refractivity contribution in [2.24, 2.45) is 16.2 Å². The average Bonchev–Trinajstić information content (AvgIpc) is 3.10. The molecule has 0 radical (unpaired) electrons. The molecule has 3 atom stereocenters. The van der Waals surface area contributed by atoms with Crippen molar-refractivity contribution < 1.29 is 14.5 Å². The number of non-ortho nitro benzene ring substituents is 1. The fraction of sp³-hybridized carbons (Fsp3) is 0.556. The first kappa shape index (κ1) is 21.7. The molecule has 1 aromatic carbocycles. The highest BCUT2D eigenvalue weighted by Gasteiger charge is 2.83. The number of rotatable bonds is 5. The van der Waals surface area contributed by atoms with Gasteiger partial charge in [0.1, 0.15) is 0 Å². The molecule has 0 saturated heterocycles. The van der Waals surface area contributed by atoms with E-state index in [-0.39, 0.29) is 43.3 Å². The minimum absolute atomic E-state index is 0.0151. The molecule has 0 aromatic heterocycles. The van der Waals surface area contributed by atoms with Gasteiger partial charge < -0.3 is 0 Å². The van der Waals surface area contributed by atoms with Crippen molar-refractivity contribution in [1.29, 1.82) is 0 Å². The molecule has 3 aliphatic carbocycles. The number of alkyl halides is 3. The van der Waals surface area contributed by atoms with Gasteiger partial charge >= 0.3 is 0 Å². The molecule has 152 valence electrons. The maximum absolute atomic E-state index is 13.0. The number of benzene rings is 1. The van der Waals surface area contributed by atoms with Crippen molar-refractivity contribution in [3.05, 3.63) is 39.9 Å². The average molecular weight is 582 g/mol. The molecular weight excluding hydrogens is 562 g/mol. The van der Waals surface area contributed by atoms with Crippen LogP contribution in [0.1, 0.15) is 32.3 Å². The Morgan fingerprint density at radius 2 is 1.82 bits per heavy atom. The Labute approximate surface area is 187 Å². The number of halogens is 3. The number of nitrogens with one attached hydrogen (secondary N) is 2. The van der Waals surface area contributed by atoms with E-state index in [4.69, 9.17) is 0 Å². The number of carbonyl (C=O) groups is 2. The van der Waals surface area contributed by atoms with E-state index in [1.54, 1.807) is 0 Å². The molecule has 3 fully saturated rings. The largest absolute Gasteiger partial charge is 0.273 e. The van der Waals surface area contributed by atoms with Crippen molar-refractivity contribution in [2.75, 3.05) is 0 Å². The number of fused-ring (bicyclic) bond motifs is 1. The molecule has 4 rings (SSSR count). The standard InChI is InChI=1S/C18H20Br3N3O4/c1-16(2)17(14(20)21)7-8-18(16,13(17)19)15(26)23-22-12(25)9-10-3-5-11(6-4-10)24(27)28/h3-6,13-14H,7-9H2,1-2H3,(H,22,25)(H,23,26). The lowest BCUT2D eigenvalue weighted by Gasteiger charge is -2.66. The molecule has 0 aliphatic heterocycles. The molecule has 0 spiro atoms. The summed E-state index contributed by atoms with van der Waals surface area (Å²) >= 11 is 11.0. The van der Waals surface area contributed by atoms with Crippen molar-refractivity contribution >= 4 is 65.3 Å². The molecule has 3 aliphatic rings. The van der Waals surface area contributed by atoms with Crippen LogP contribution in [0.3, 0.4) is 0 Å². The second-order valence-corrected chi connectivity index (χ2v) is 11.9. The third-order valence-corrected chi connectivity index (χ3v) is 9.95. The lowest BCUT2D eigenvalue weighted by molar-refractivity contribution is -0.384. The fourth-order valence-electron chi connectivity index (χ4n) is 4.90. The quantitative estimate of drug-likeness (QED) is 0.312. The van der Waals surface area contributed by atoms with Crippen molar-refractivity contribution in [1.82, 2.24) is 10.9 Å². The van der Waals surface area contributed by atoms with Gasteiger partial charge in [0.05, 0.1) is 20.5 Å². The van der Waals surface area contributed by atoms with Crippen LogP contribution in [0.2, 0.25) is 0 Å². The summed E-state index contributed by atoms with van der Waals surface area (Å²) in [6.45, 7) is 4.18. The first-order valence-corrected chi connectivity index (χ1v) is 11.5. The molecule has 2 amide bonds. The van der Waals surface area contributed by atoms with Crippen LogP contribution in [0, 0.1) is 26.4 Å². The predicted octanol–water partition coefficient (Wildman–Crippen LogP) is 3.97. The van der Waals surface area contributed by atoms with Crippen molar-refractivity contribution in [2.45, 2.75) is 41.7 Å². The van der Waals surface area contributed by atoms with E-state index in [2.05, 4.69) is 72.5 Å². The normalized spacial score (nSPS) is 29.9. The maximum Gasteiger partial charge on any atom is 0.269 e. The zero-order chi connectivity index (χ0) is 20.9. The second-order valence-electron chi connectivity index (χ2n) is 7.90. The number of carbonyl (C=O) groups excluding carboxylic acids is 2. The van der Waals surface area contributed by atoms with Gasteiger partial charge in [-0.2, -0.15) is 0 Å². The molecule has 1 aromatic rings. The van der Waals surface area contributed by atoms with Gasteiger partial charge in [-0.25, -0.2) is 0 Å². The Morgan fingerprint density at radius 3 is 2.29 bits per heavy atom. The number of nitro groups is 1. The summed E-state index contributed by atoms with van der Waals surface area (Å²) in [5.74, 6) is -0.588. The van der Waals surface area contributed by atoms with E-state index in [1.165, 1.54) is 24.3 Å². The third kappa shape index (κ3) is 2.86. The highest BCUT2D eigenvalue weighted by Crippen LogP contribution is 2.82. The molecule has 10 heteroatoms. The molecule has 28 heavy (non-hydrogen) atoms. The number of hydrogen-bond acceptors (Lipinski definition) is 4. The van der Waals surface area contributed by atoms with E-state index in [9.17, 15) is 19.7 Å². The first-order chi connectivity index (χ1) is 13.0. The molecule has 2 bridgehead atoms. The van der Waals surface area contributed by atoms with Gasteiger partial charge in [0.2, 0.25) is 11.8 Å². The minimum atomic E-state index is -0.604. The van der Waals surface area contributed by atoms with Crippen molar-refractivity contribution in [3.8, 4) is 0 Å². The summed E-state index contributed by atoms with van der Waals surface area (Å²) in [6, 6.07) is 5.75. The molecule has 3 unspecified atom stereocenters. The Morgan fingerprint density at radius 1 is 1.21 bits per heavy atom. The molecule has 7 nitrogen and oxygen atoms in total. The van der Waals surface area contributed by atoms with E-state index >= 15 is 0 Å². The number of amides is 2. The lowest BCUT2D eigenvalue weighted by Crippen LogP contribution is -2.73. The minimum Gasteiger partial charge on any atom is -0.273 e. The molecule has 2 N–H and O–H groups in total. The maximum atomic E-state index is 13.0. The van der Waals surface area contributed by atoms with Crippen LogP contribution in [-0.2, 0) is 16.0 Å². The van der Waals surface area contributed by atoms with Gasteiger partial charge in [0.15, 0.2) is 0 Å². The lowest BCUT2D eigenvalue weighted by atomic mass is 9.43. The SMILES string of the molecule is CC1(C)C2(C(=O)NNC(=O)Cc3ccc([N+](=O)[O-])cc3)CCC1(C(Br)Br)C2Br. The number of hydrazine groups is 1. The Hall–Kier alpha value is -1.000. The predicted molar refractivity (Wildman–Crippen MR) is 115 cm³/mol. The fourth-order valence-corrected chi connectivity index (χ4v) is 9.82. The summed E-state index contributed by atoms with van der Waals surface area (Å²) in [5.41, 5.74) is 4.70. The number of nitrogens with zero attached hydrogens (tertiary/aromatic N) is 1. The second kappa shape index (κ2) is 7.36. The van der Waals surface area contributed by atoms with Gasteiger partial charge in [-0.1, -0.05) is 73.8 Å². The van der Waals surface area contributed by atoms with Crippen LogP contribution in [0.4, 0.5) is 5.69 Å². The highest BCUT2D eigenvalue weighted by molar-refractivity contribution is 9.24. The smallest absolute Gasteiger partial charge is 0.269 e. The van der Waals surface area contributed by atoms with Crippen LogP contribution >= 0.6 is 47.8 Å². The van der Waals surface area contributed by atoms with Crippen LogP contribution in [0.5, 0.6) is 0 Å². The van der Waals surface area contributed by atoms with Gasteiger partial charge in [0, 0.05) is 22.4 Å². The molecule has 3 saturated carbocycles. The Kier molecular flexibility index (Phi) is 5.70. The highest BCUT2D eigenvalue weighted by atomic mass is 79.9. The summed E-state index contributed by atoms with van der Waals surface area (Å²) in [5, 5.41) is 10.7. The Bertz CT molecular complexity index is 830. The van der Waals surface area contributed by atoms with Gasteiger partial charge in [-0.15, -0.1) is 0 Å². The summed E-state index contributed by atoms with van der Waals surface area (Å²) in [7, 11) is 0. The van der Waals surface area contributed by atoms with E-state index in [0.717, 1.165) is 12.8 Å². The Balaban J connectivity index is 1.62. The first-order valence-electron chi connectivity index (χ1n) is 8.75. The van der Waals surface area contributed by atoms with Crippen LogP contribution in [-0.4, -0.2) is 25.3 Å². The number of hydrogen-bond donors (Lipinski definition) is 2. The van der Waals surface area contributed by atoms with Crippen molar-refractivity contribution in [3.63, 3.8) is 0 Å². The monoisotopic (exact) mass is 579 g/mol. The molecular formula is C18H20Br3N3O4. The summed E-state index contributed by atoms with van der Waals surface area (Å²) in [4.78, 5) is 35.4.